The van der Waals surface area contributed by atoms with Crippen LogP contribution in [0.4, 0.5) is 0 Å². The number of benzene rings is 2. The largest absolute Gasteiger partial charge is 0.508 e. The second-order valence-electron chi connectivity index (χ2n) is 6.57. The van der Waals surface area contributed by atoms with Crippen molar-refractivity contribution in [1.82, 2.24) is 0 Å². The Bertz CT molecular complexity index is 733. The molecule has 8 nitrogen and oxygen atoms in total. The summed E-state index contributed by atoms with van der Waals surface area (Å²) >= 11 is 0. The molecule has 1 aliphatic rings. The fourth-order valence-corrected chi connectivity index (χ4v) is 2.94. The van der Waals surface area contributed by atoms with Crippen LogP contribution in [0.5, 0.6) is 11.5 Å². The minimum atomic E-state index is -1.31. The number of phenols is 1. The number of aliphatic hydroxyl groups is 4. The lowest BCUT2D eigenvalue weighted by Gasteiger charge is -2.41. The third-order valence-corrected chi connectivity index (χ3v) is 4.56. The van der Waals surface area contributed by atoms with Gasteiger partial charge in [0.1, 0.15) is 35.9 Å². The minimum Gasteiger partial charge on any atom is -0.508 e. The summed E-state index contributed by atoms with van der Waals surface area (Å²) in [7, 11) is 0. The molecule has 0 amide bonds. The highest BCUT2D eigenvalue weighted by atomic mass is 16.7. The van der Waals surface area contributed by atoms with E-state index in [1.807, 2.05) is 0 Å². The van der Waals surface area contributed by atoms with Crippen molar-refractivity contribution < 1.29 is 39.7 Å². The average Bonchev–Trinajstić information content (AvgIpc) is 2.72. The van der Waals surface area contributed by atoms with Crippen molar-refractivity contribution in [2.24, 2.45) is 0 Å². The number of hydrogen-bond acceptors (Lipinski definition) is 8. The van der Waals surface area contributed by atoms with Gasteiger partial charge in [0.05, 0.1) is 19.8 Å². The van der Waals surface area contributed by atoms with E-state index in [0.29, 0.717) is 11.3 Å². The lowest BCUT2D eigenvalue weighted by molar-refractivity contribution is -0.287. The third kappa shape index (κ3) is 4.79. The zero-order chi connectivity index (χ0) is 20.1. The number of hydrogen-bond donors (Lipinski definition) is 5. The zero-order valence-electron chi connectivity index (χ0n) is 15.1. The monoisotopic (exact) mass is 392 g/mol. The Labute approximate surface area is 162 Å². The van der Waals surface area contributed by atoms with E-state index >= 15 is 0 Å². The number of ether oxygens (including phenoxy) is 3. The van der Waals surface area contributed by atoms with Gasteiger partial charge >= 0.3 is 0 Å². The molecule has 5 N–H and O–H groups in total. The lowest BCUT2D eigenvalue weighted by atomic mass is 9.99. The summed E-state index contributed by atoms with van der Waals surface area (Å²) in [5.41, 5.74) is 1.44. The molecule has 0 saturated carbocycles. The maximum absolute atomic E-state index is 10.6. The second kappa shape index (κ2) is 9.33. The van der Waals surface area contributed by atoms with Gasteiger partial charge in [0.2, 0.25) is 6.29 Å². The van der Waals surface area contributed by atoms with Crippen LogP contribution in [0.15, 0.2) is 48.5 Å². The molecule has 0 spiro atoms. The van der Waals surface area contributed by atoms with Crippen LogP contribution in [0.1, 0.15) is 11.1 Å². The summed E-state index contributed by atoms with van der Waals surface area (Å²) in [6.07, 6.45) is -5.78. The number of phenolic OH excluding ortho intramolecular Hbond substituents is 1. The zero-order valence-corrected chi connectivity index (χ0v) is 15.1. The van der Waals surface area contributed by atoms with Gasteiger partial charge in [0, 0.05) is 0 Å². The fraction of sp³-hybridized carbons (Fsp3) is 0.400. The maximum atomic E-state index is 10.6. The SMILES string of the molecule is OCc1ccc(O[C@@H]2O[C@H](CO)[C@@H](O)[C@H](OCc3ccc(O)cc3)[C@H]2O)cc1. The van der Waals surface area contributed by atoms with Crippen LogP contribution >= 0.6 is 0 Å². The first-order valence-corrected chi connectivity index (χ1v) is 8.90. The van der Waals surface area contributed by atoms with Gasteiger partial charge in [-0.25, -0.2) is 0 Å². The van der Waals surface area contributed by atoms with Crippen LogP contribution in [0.25, 0.3) is 0 Å². The maximum Gasteiger partial charge on any atom is 0.229 e. The molecular weight excluding hydrogens is 368 g/mol. The first-order chi connectivity index (χ1) is 13.5. The Hall–Kier alpha value is -2.20. The van der Waals surface area contributed by atoms with Crippen LogP contribution in [0, 0.1) is 0 Å². The van der Waals surface area contributed by atoms with E-state index in [9.17, 15) is 20.4 Å². The van der Waals surface area contributed by atoms with Crippen LogP contribution < -0.4 is 4.74 Å². The smallest absolute Gasteiger partial charge is 0.229 e. The predicted molar refractivity (Wildman–Crippen MR) is 97.4 cm³/mol. The number of aliphatic hydroxyl groups excluding tert-OH is 4. The molecular formula is C20H24O8. The molecule has 28 heavy (non-hydrogen) atoms. The standard InChI is InChI=1S/C20H24O8/c21-9-12-3-7-15(8-4-12)27-20-18(25)19(17(24)16(10-22)28-20)26-11-13-1-5-14(23)6-2-13/h1-8,16-25H,9-11H2/t16-,17-,18-,19+,20-/m1/s1. The van der Waals surface area contributed by atoms with E-state index in [1.54, 1.807) is 36.4 Å². The summed E-state index contributed by atoms with van der Waals surface area (Å²) in [5.74, 6) is 0.516. The van der Waals surface area contributed by atoms with Crippen molar-refractivity contribution in [2.45, 2.75) is 43.9 Å². The van der Waals surface area contributed by atoms with Crippen molar-refractivity contribution in [3.63, 3.8) is 0 Å². The molecule has 0 unspecified atom stereocenters. The normalized spacial score (nSPS) is 27.5. The van der Waals surface area contributed by atoms with E-state index in [4.69, 9.17) is 19.3 Å². The molecule has 0 aliphatic carbocycles. The Morgan fingerprint density at radius 2 is 1.50 bits per heavy atom. The van der Waals surface area contributed by atoms with Crippen LogP contribution in [0.3, 0.4) is 0 Å². The van der Waals surface area contributed by atoms with E-state index in [1.165, 1.54) is 12.1 Å². The van der Waals surface area contributed by atoms with Crippen LogP contribution in [-0.4, -0.2) is 62.8 Å². The van der Waals surface area contributed by atoms with Gasteiger partial charge < -0.3 is 39.7 Å². The Balaban J connectivity index is 1.69. The quantitative estimate of drug-likeness (QED) is 0.455. The molecule has 1 saturated heterocycles. The van der Waals surface area contributed by atoms with Gasteiger partial charge in [-0.15, -0.1) is 0 Å². The van der Waals surface area contributed by atoms with Crippen molar-refractivity contribution in [2.75, 3.05) is 6.61 Å². The lowest BCUT2D eigenvalue weighted by Crippen LogP contribution is -2.60. The summed E-state index contributed by atoms with van der Waals surface area (Å²) < 4.78 is 16.8. The van der Waals surface area contributed by atoms with Crippen LogP contribution in [0.2, 0.25) is 0 Å². The van der Waals surface area contributed by atoms with Crippen molar-refractivity contribution in [1.29, 1.82) is 0 Å². The topological polar surface area (TPSA) is 129 Å². The van der Waals surface area contributed by atoms with E-state index in [2.05, 4.69) is 0 Å². The first kappa shape index (κ1) is 20.5. The average molecular weight is 392 g/mol. The molecule has 0 aromatic heterocycles. The highest BCUT2D eigenvalue weighted by molar-refractivity contribution is 5.27. The molecule has 2 aromatic rings. The van der Waals surface area contributed by atoms with Gasteiger partial charge in [0.25, 0.3) is 0 Å². The molecule has 0 bridgehead atoms. The summed E-state index contributed by atoms with van der Waals surface area (Å²) in [6.45, 7) is -0.500. The molecule has 152 valence electrons. The predicted octanol–water partition coefficient (Wildman–Crippen LogP) is 0.288. The van der Waals surface area contributed by atoms with E-state index < -0.39 is 37.3 Å². The van der Waals surface area contributed by atoms with Crippen LogP contribution in [-0.2, 0) is 22.7 Å². The molecule has 1 fully saturated rings. The van der Waals surface area contributed by atoms with Gasteiger partial charge in [-0.2, -0.15) is 0 Å². The van der Waals surface area contributed by atoms with Crippen molar-refractivity contribution in [3.8, 4) is 11.5 Å². The van der Waals surface area contributed by atoms with Crippen molar-refractivity contribution in [3.05, 3.63) is 59.7 Å². The Kier molecular flexibility index (Phi) is 6.84. The highest BCUT2D eigenvalue weighted by Gasteiger charge is 2.46. The number of aromatic hydroxyl groups is 1. The first-order valence-electron chi connectivity index (χ1n) is 8.90. The van der Waals surface area contributed by atoms with Gasteiger partial charge in [-0.1, -0.05) is 24.3 Å². The molecule has 3 rings (SSSR count). The van der Waals surface area contributed by atoms with E-state index in [-0.39, 0.29) is 19.0 Å². The summed E-state index contributed by atoms with van der Waals surface area (Å²) in [5, 5.41) is 48.9. The van der Waals surface area contributed by atoms with Gasteiger partial charge in [-0.05, 0) is 35.4 Å². The fourth-order valence-electron chi connectivity index (χ4n) is 2.94. The molecule has 1 aliphatic heterocycles. The highest BCUT2D eigenvalue weighted by Crippen LogP contribution is 2.27. The third-order valence-electron chi connectivity index (χ3n) is 4.56. The van der Waals surface area contributed by atoms with Gasteiger partial charge in [0.15, 0.2) is 0 Å². The molecule has 1 heterocycles. The molecule has 0 radical (unpaired) electrons. The number of rotatable bonds is 7. The minimum absolute atomic E-state index is 0.0785. The van der Waals surface area contributed by atoms with Crippen molar-refractivity contribution >= 4 is 0 Å². The summed E-state index contributed by atoms with van der Waals surface area (Å²) in [6, 6.07) is 12.9. The Morgan fingerprint density at radius 1 is 0.857 bits per heavy atom. The molecule has 2 aromatic carbocycles. The Morgan fingerprint density at radius 3 is 2.11 bits per heavy atom. The second-order valence-corrected chi connectivity index (χ2v) is 6.57. The molecule has 8 heteroatoms. The summed E-state index contributed by atoms with van der Waals surface area (Å²) in [4.78, 5) is 0. The molecule has 5 atom stereocenters. The van der Waals surface area contributed by atoms with E-state index in [0.717, 1.165) is 5.56 Å². The van der Waals surface area contributed by atoms with Gasteiger partial charge in [-0.3, -0.25) is 0 Å².